The van der Waals surface area contributed by atoms with Crippen molar-refractivity contribution in [1.82, 2.24) is 14.8 Å². The highest BCUT2D eigenvalue weighted by Crippen LogP contribution is 2.14. The van der Waals surface area contributed by atoms with Crippen LogP contribution in [0.5, 0.6) is 0 Å². The molecule has 0 atom stereocenters. The summed E-state index contributed by atoms with van der Waals surface area (Å²) in [5, 5.41) is 5.69. The predicted molar refractivity (Wildman–Crippen MR) is 128 cm³/mol. The first-order chi connectivity index (χ1) is 16.1. The molecule has 2 N–H and O–H groups in total. The van der Waals surface area contributed by atoms with Crippen LogP contribution >= 0.6 is 0 Å². The Morgan fingerprint density at radius 2 is 1.55 bits per heavy atom. The Morgan fingerprint density at radius 1 is 0.879 bits per heavy atom. The fourth-order valence-electron chi connectivity index (χ4n) is 4.05. The normalized spacial score (nSPS) is 14.5. The summed E-state index contributed by atoms with van der Waals surface area (Å²) in [6, 6.07) is 22.3. The molecule has 2 aromatic carbocycles. The SMILES string of the molecule is O=C(Cn1cccc(NC(=O)c2ccccc2)c1=O)NC1CCN(Cc2ccccc2)CC1. The number of benzene rings is 2. The molecule has 0 radical (unpaired) electrons. The van der Waals surface area contributed by atoms with E-state index in [9.17, 15) is 14.4 Å². The number of nitrogens with one attached hydrogen (secondary N) is 2. The van der Waals surface area contributed by atoms with E-state index >= 15 is 0 Å². The number of hydrogen-bond acceptors (Lipinski definition) is 4. The van der Waals surface area contributed by atoms with Crippen molar-refractivity contribution in [2.24, 2.45) is 0 Å². The summed E-state index contributed by atoms with van der Waals surface area (Å²) in [5.74, 6) is -0.567. The summed E-state index contributed by atoms with van der Waals surface area (Å²) in [6.07, 6.45) is 3.31. The molecule has 0 bridgehead atoms. The Morgan fingerprint density at radius 3 is 2.24 bits per heavy atom. The first-order valence-corrected chi connectivity index (χ1v) is 11.2. The van der Waals surface area contributed by atoms with Gasteiger partial charge in [-0.2, -0.15) is 0 Å². The highest BCUT2D eigenvalue weighted by atomic mass is 16.2. The third-order valence-electron chi connectivity index (χ3n) is 5.82. The molecule has 2 heterocycles. The van der Waals surface area contributed by atoms with Crippen LogP contribution in [-0.4, -0.2) is 40.4 Å². The van der Waals surface area contributed by atoms with Gasteiger partial charge in [-0.3, -0.25) is 19.3 Å². The summed E-state index contributed by atoms with van der Waals surface area (Å²) in [4.78, 5) is 40.1. The Bertz CT molecular complexity index is 1140. The lowest BCUT2D eigenvalue weighted by Crippen LogP contribution is -2.45. The van der Waals surface area contributed by atoms with Crippen LogP contribution in [0.25, 0.3) is 0 Å². The van der Waals surface area contributed by atoms with E-state index < -0.39 is 5.56 Å². The molecule has 7 nitrogen and oxygen atoms in total. The summed E-state index contributed by atoms with van der Waals surface area (Å²) < 4.78 is 1.32. The second-order valence-corrected chi connectivity index (χ2v) is 8.28. The maximum atomic E-state index is 12.7. The molecule has 2 amide bonds. The topological polar surface area (TPSA) is 83.4 Å². The van der Waals surface area contributed by atoms with E-state index in [-0.39, 0.29) is 30.1 Å². The van der Waals surface area contributed by atoms with Crippen LogP contribution in [0.2, 0.25) is 0 Å². The number of anilines is 1. The van der Waals surface area contributed by atoms with Gasteiger partial charge in [-0.1, -0.05) is 48.5 Å². The first kappa shape index (κ1) is 22.5. The fraction of sp³-hybridized carbons (Fsp3) is 0.269. The van der Waals surface area contributed by atoms with E-state index in [1.165, 1.54) is 10.1 Å². The van der Waals surface area contributed by atoms with Gasteiger partial charge in [-0.05, 0) is 42.7 Å². The van der Waals surface area contributed by atoms with Gasteiger partial charge in [0.1, 0.15) is 12.2 Å². The molecule has 33 heavy (non-hydrogen) atoms. The van der Waals surface area contributed by atoms with E-state index in [1.807, 2.05) is 24.3 Å². The van der Waals surface area contributed by atoms with Crippen molar-refractivity contribution < 1.29 is 9.59 Å². The van der Waals surface area contributed by atoms with Crippen molar-refractivity contribution in [2.75, 3.05) is 18.4 Å². The van der Waals surface area contributed by atoms with Gasteiger partial charge in [0, 0.05) is 37.4 Å². The molecule has 0 saturated carbocycles. The number of pyridine rings is 1. The second kappa shape index (κ2) is 10.7. The number of nitrogens with zero attached hydrogens (tertiary/aromatic N) is 2. The molecule has 1 aliphatic rings. The van der Waals surface area contributed by atoms with Crippen molar-refractivity contribution in [1.29, 1.82) is 0 Å². The van der Waals surface area contributed by atoms with Crippen LogP contribution in [0, 0.1) is 0 Å². The zero-order valence-electron chi connectivity index (χ0n) is 18.4. The van der Waals surface area contributed by atoms with E-state index in [4.69, 9.17) is 0 Å². The Balaban J connectivity index is 1.29. The minimum atomic E-state index is -0.408. The van der Waals surface area contributed by atoms with Crippen LogP contribution in [0.4, 0.5) is 5.69 Å². The minimum absolute atomic E-state index is 0.0852. The van der Waals surface area contributed by atoms with Crippen molar-refractivity contribution in [3.8, 4) is 0 Å². The average Bonchev–Trinajstić information content (AvgIpc) is 2.84. The van der Waals surface area contributed by atoms with Gasteiger partial charge in [0.2, 0.25) is 5.91 Å². The lowest BCUT2D eigenvalue weighted by atomic mass is 10.0. The van der Waals surface area contributed by atoms with Gasteiger partial charge in [-0.15, -0.1) is 0 Å². The van der Waals surface area contributed by atoms with Crippen LogP contribution in [0.15, 0.2) is 83.8 Å². The highest BCUT2D eigenvalue weighted by Gasteiger charge is 2.21. The number of piperidine rings is 1. The minimum Gasteiger partial charge on any atom is -0.352 e. The average molecular weight is 445 g/mol. The molecule has 3 aromatic rings. The molecular formula is C26H28N4O3. The molecule has 1 aromatic heterocycles. The van der Waals surface area contributed by atoms with Crippen LogP contribution in [0.1, 0.15) is 28.8 Å². The standard InChI is InChI=1S/C26H28N4O3/c31-24(27-22-13-16-29(17-14-22)18-20-8-3-1-4-9-20)19-30-15-7-12-23(26(30)33)28-25(32)21-10-5-2-6-11-21/h1-12,15,22H,13-14,16-19H2,(H,27,31)(H,28,32). The van der Waals surface area contributed by atoms with Crippen LogP contribution < -0.4 is 16.2 Å². The Hall–Kier alpha value is -3.71. The first-order valence-electron chi connectivity index (χ1n) is 11.2. The summed E-state index contributed by atoms with van der Waals surface area (Å²) in [7, 11) is 0. The van der Waals surface area contributed by atoms with Crippen LogP contribution in [-0.2, 0) is 17.9 Å². The van der Waals surface area contributed by atoms with E-state index in [1.54, 1.807) is 42.6 Å². The van der Waals surface area contributed by atoms with Crippen molar-refractivity contribution in [3.63, 3.8) is 0 Å². The van der Waals surface area contributed by atoms with Gasteiger partial charge >= 0.3 is 0 Å². The third kappa shape index (κ3) is 6.17. The monoisotopic (exact) mass is 444 g/mol. The fourth-order valence-corrected chi connectivity index (χ4v) is 4.05. The van der Waals surface area contributed by atoms with Crippen molar-refractivity contribution >= 4 is 17.5 Å². The number of carbonyl (C=O) groups excluding carboxylic acids is 2. The second-order valence-electron chi connectivity index (χ2n) is 8.28. The molecule has 7 heteroatoms. The summed E-state index contributed by atoms with van der Waals surface area (Å²) >= 11 is 0. The quantitative estimate of drug-likeness (QED) is 0.587. The lowest BCUT2D eigenvalue weighted by molar-refractivity contribution is -0.122. The number of rotatable bonds is 7. The number of carbonyl (C=O) groups is 2. The van der Waals surface area contributed by atoms with E-state index in [0.717, 1.165) is 32.5 Å². The van der Waals surface area contributed by atoms with Gasteiger partial charge in [-0.25, -0.2) is 0 Å². The Labute approximate surface area is 193 Å². The van der Waals surface area contributed by atoms with Crippen molar-refractivity contribution in [2.45, 2.75) is 32.0 Å². The van der Waals surface area contributed by atoms with Gasteiger partial charge in [0.05, 0.1) is 0 Å². The largest absolute Gasteiger partial charge is 0.352 e. The maximum Gasteiger partial charge on any atom is 0.274 e. The maximum absolute atomic E-state index is 12.7. The molecule has 1 saturated heterocycles. The van der Waals surface area contributed by atoms with Gasteiger partial charge in [0.15, 0.2) is 0 Å². The molecule has 4 rings (SSSR count). The number of hydrogen-bond donors (Lipinski definition) is 2. The number of aromatic nitrogens is 1. The lowest BCUT2D eigenvalue weighted by Gasteiger charge is -2.32. The number of likely N-dealkylation sites (tertiary alicyclic amines) is 1. The zero-order valence-corrected chi connectivity index (χ0v) is 18.4. The zero-order chi connectivity index (χ0) is 23.0. The van der Waals surface area contributed by atoms with Crippen molar-refractivity contribution in [3.05, 3.63) is 100 Å². The highest BCUT2D eigenvalue weighted by molar-refractivity contribution is 6.04. The van der Waals surface area contributed by atoms with E-state index in [0.29, 0.717) is 5.56 Å². The molecule has 1 fully saturated rings. The van der Waals surface area contributed by atoms with E-state index in [2.05, 4.69) is 27.7 Å². The number of amides is 2. The smallest absolute Gasteiger partial charge is 0.274 e. The molecule has 0 unspecified atom stereocenters. The molecule has 0 spiro atoms. The molecule has 0 aliphatic carbocycles. The Kier molecular flexibility index (Phi) is 7.32. The third-order valence-corrected chi connectivity index (χ3v) is 5.82. The molecule has 1 aliphatic heterocycles. The summed E-state index contributed by atoms with van der Waals surface area (Å²) in [6.45, 7) is 2.66. The molecule has 170 valence electrons. The molecular weight excluding hydrogens is 416 g/mol. The van der Waals surface area contributed by atoms with Crippen LogP contribution in [0.3, 0.4) is 0 Å². The predicted octanol–water partition coefficient (Wildman–Crippen LogP) is 2.88. The summed E-state index contributed by atoms with van der Waals surface area (Å²) in [5.41, 5.74) is 1.49. The van der Waals surface area contributed by atoms with Gasteiger partial charge < -0.3 is 15.2 Å². The van der Waals surface area contributed by atoms with Gasteiger partial charge in [0.25, 0.3) is 11.5 Å².